The highest BCUT2D eigenvalue weighted by atomic mass is 35.5. The van der Waals surface area contributed by atoms with Gasteiger partial charge in [-0.25, -0.2) is 0 Å². The predicted octanol–water partition coefficient (Wildman–Crippen LogP) is 3.06. The zero-order valence-corrected chi connectivity index (χ0v) is 20.5. The topological polar surface area (TPSA) is 71.6 Å². The van der Waals surface area contributed by atoms with Crippen LogP contribution >= 0.6 is 11.6 Å². The van der Waals surface area contributed by atoms with Crippen molar-refractivity contribution in [1.82, 2.24) is 9.80 Å². The fourth-order valence-corrected chi connectivity index (χ4v) is 4.86. The first kappa shape index (κ1) is 24.2. The van der Waals surface area contributed by atoms with Crippen LogP contribution in [0.15, 0.2) is 36.4 Å². The lowest BCUT2D eigenvalue weighted by Gasteiger charge is -2.36. The van der Waals surface area contributed by atoms with Gasteiger partial charge < -0.3 is 24.0 Å². The number of hydrogen-bond acceptors (Lipinski definition) is 6. The van der Waals surface area contributed by atoms with Crippen LogP contribution in [-0.4, -0.2) is 75.7 Å². The fourth-order valence-electron chi connectivity index (χ4n) is 4.68. The van der Waals surface area contributed by atoms with E-state index in [1.54, 1.807) is 38.4 Å². The summed E-state index contributed by atoms with van der Waals surface area (Å²) in [6.07, 6.45) is 0.231. The van der Waals surface area contributed by atoms with Gasteiger partial charge in [-0.3, -0.25) is 14.5 Å². The van der Waals surface area contributed by atoms with Crippen LogP contribution in [0.5, 0.6) is 17.2 Å². The van der Waals surface area contributed by atoms with E-state index in [4.69, 9.17) is 25.8 Å². The first-order valence-electron chi connectivity index (χ1n) is 11.3. The number of anilines is 1. The van der Waals surface area contributed by atoms with Gasteiger partial charge in [-0.1, -0.05) is 23.7 Å². The van der Waals surface area contributed by atoms with Crippen LogP contribution in [-0.2, 0) is 16.1 Å². The van der Waals surface area contributed by atoms with Gasteiger partial charge in [0, 0.05) is 62.0 Å². The van der Waals surface area contributed by atoms with Gasteiger partial charge in [-0.2, -0.15) is 0 Å². The van der Waals surface area contributed by atoms with Crippen molar-refractivity contribution in [3.63, 3.8) is 0 Å². The molecule has 2 aromatic carbocycles. The Morgan fingerprint density at radius 2 is 1.74 bits per heavy atom. The summed E-state index contributed by atoms with van der Waals surface area (Å²) in [4.78, 5) is 31.6. The average molecular weight is 488 g/mol. The molecule has 2 aromatic rings. The summed E-state index contributed by atoms with van der Waals surface area (Å²) in [5.74, 6) is 1.53. The summed E-state index contributed by atoms with van der Waals surface area (Å²) >= 11 is 6.08. The molecule has 0 aromatic heterocycles. The van der Waals surface area contributed by atoms with Crippen molar-refractivity contribution in [3.8, 4) is 17.2 Å². The Kier molecular flexibility index (Phi) is 7.48. The summed E-state index contributed by atoms with van der Waals surface area (Å²) in [7, 11) is 4.81. The van der Waals surface area contributed by atoms with E-state index in [0.717, 1.165) is 24.3 Å². The molecule has 4 rings (SSSR count). The molecule has 1 unspecified atom stereocenters. The first-order chi connectivity index (χ1) is 16.4. The molecule has 34 heavy (non-hydrogen) atoms. The summed E-state index contributed by atoms with van der Waals surface area (Å²) in [5, 5.41) is 0.572. The number of amides is 2. The van der Waals surface area contributed by atoms with Gasteiger partial charge in [0.1, 0.15) is 0 Å². The minimum atomic E-state index is -0.330. The Labute approximate surface area is 204 Å². The minimum Gasteiger partial charge on any atom is -0.493 e. The lowest BCUT2D eigenvalue weighted by molar-refractivity contribution is -0.137. The molecule has 0 N–H and O–H groups in total. The average Bonchev–Trinajstić information content (AvgIpc) is 3.25. The molecule has 182 valence electrons. The van der Waals surface area contributed by atoms with Crippen molar-refractivity contribution < 1.29 is 23.8 Å². The molecule has 2 aliphatic heterocycles. The molecule has 0 saturated carbocycles. The highest BCUT2D eigenvalue weighted by Gasteiger charge is 2.38. The van der Waals surface area contributed by atoms with Crippen LogP contribution in [0, 0.1) is 5.92 Å². The molecule has 0 bridgehead atoms. The van der Waals surface area contributed by atoms with Crippen LogP contribution < -0.4 is 19.1 Å². The number of hydrogen-bond donors (Lipinski definition) is 0. The lowest BCUT2D eigenvalue weighted by Crippen LogP contribution is -2.50. The third-order valence-electron chi connectivity index (χ3n) is 6.46. The highest BCUT2D eigenvalue weighted by molar-refractivity contribution is 6.31. The molecule has 8 nitrogen and oxygen atoms in total. The number of piperazine rings is 1. The van der Waals surface area contributed by atoms with Gasteiger partial charge in [-0.05, 0) is 24.3 Å². The Bertz CT molecular complexity index is 1050. The smallest absolute Gasteiger partial charge is 0.228 e. The predicted molar refractivity (Wildman–Crippen MR) is 130 cm³/mol. The van der Waals surface area contributed by atoms with E-state index in [0.29, 0.717) is 48.5 Å². The molecule has 0 radical (unpaired) electrons. The second-order valence-corrected chi connectivity index (χ2v) is 8.92. The van der Waals surface area contributed by atoms with E-state index in [1.165, 1.54) is 0 Å². The standard InChI is InChI=1S/C25H30ClN3O5/c1-32-21-8-7-17(23(33-2)24(21)34-3)15-27-9-11-28(12-10-27)25(31)18-13-22(30)29(16-18)20-6-4-5-19(26)14-20/h4-8,14,18H,9-13,15-16H2,1-3H3. The molecule has 1 atom stereocenters. The van der Waals surface area contributed by atoms with Gasteiger partial charge in [0.2, 0.25) is 17.6 Å². The Balaban J connectivity index is 1.35. The van der Waals surface area contributed by atoms with Gasteiger partial charge in [0.25, 0.3) is 0 Å². The number of carbonyl (C=O) groups is 2. The number of rotatable bonds is 7. The molecule has 2 heterocycles. The van der Waals surface area contributed by atoms with Crippen molar-refractivity contribution >= 4 is 29.1 Å². The molecular weight excluding hydrogens is 458 g/mol. The van der Waals surface area contributed by atoms with Gasteiger partial charge in [-0.15, -0.1) is 0 Å². The summed E-state index contributed by atoms with van der Waals surface area (Å²) in [5.41, 5.74) is 1.74. The molecule has 0 spiro atoms. The van der Waals surface area contributed by atoms with Crippen molar-refractivity contribution in [2.24, 2.45) is 5.92 Å². The third kappa shape index (κ3) is 4.93. The number of methoxy groups -OCH3 is 3. The second kappa shape index (κ2) is 10.5. The van der Waals surface area contributed by atoms with Crippen molar-refractivity contribution in [1.29, 1.82) is 0 Å². The fraction of sp³-hybridized carbons (Fsp3) is 0.440. The van der Waals surface area contributed by atoms with Crippen LogP contribution in [0.3, 0.4) is 0 Å². The number of ether oxygens (including phenoxy) is 3. The molecule has 0 aliphatic carbocycles. The summed E-state index contributed by atoms with van der Waals surface area (Å²) in [6.45, 7) is 3.79. The van der Waals surface area contributed by atoms with Crippen molar-refractivity contribution in [3.05, 3.63) is 47.0 Å². The van der Waals surface area contributed by atoms with E-state index < -0.39 is 0 Å². The molecule has 2 aliphatic rings. The van der Waals surface area contributed by atoms with E-state index in [2.05, 4.69) is 4.90 Å². The maximum absolute atomic E-state index is 13.2. The van der Waals surface area contributed by atoms with Crippen LogP contribution in [0.25, 0.3) is 0 Å². The zero-order chi connectivity index (χ0) is 24.2. The van der Waals surface area contributed by atoms with Gasteiger partial charge in [0.15, 0.2) is 11.5 Å². The maximum atomic E-state index is 13.2. The number of benzene rings is 2. The molecular formula is C25H30ClN3O5. The first-order valence-corrected chi connectivity index (χ1v) is 11.7. The Morgan fingerprint density at radius 3 is 2.38 bits per heavy atom. The number of carbonyl (C=O) groups excluding carboxylic acids is 2. The molecule has 2 fully saturated rings. The quantitative estimate of drug-likeness (QED) is 0.597. The van der Waals surface area contributed by atoms with E-state index >= 15 is 0 Å². The normalized spacial score (nSPS) is 18.8. The Hall–Kier alpha value is -2.97. The molecule has 2 saturated heterocycles. The number of nitrogens with zero attached hydrogens (tertiary/aromatic N) is 3. The van der Waals surface area contributed by atoms with E-state index in [-0.39, 0.29) is 24.2 Å². The van der Waals surface area contributed by atoms with Gasteiger partial charge in [0.05, 0.1) is 27.2 Å². The van der Waals surface area contributed by atoms with Gasteiger partial charge >= 0.3 is 0 Å². The largest absolute Gasteiger partial charge is 0.493 e. The third-order valence-corrected chi connectivity index (χ3v) is 6.69. The SMILES string of the molecule is COc1ccc(CN2CCN(C(=O)C3CC(=O)N(c4cccc(Cl)c4)C3)CC2)c(OC)c1OC. The summed E-state index contributed by atoms with van der Waals surface area (Å²) < 4.78 is 16.5. The van der Waals surface area contributed by atoms with Crippen molar-refractivity contribution in [2.45, 2.75) is 13.0 Å². The second-order valence-electron chi connectivity index (χ2n) is 8.48. The van der Waals surface area contributed by atoms with Crippen LogP contribution in [0.4, 0.5) is 5.69 Å². The Morgan fingerprint density at radius 1 is 1.00 bits per heavy atom. The monoisotopic (exact) mass is 487 g/mol. The number of halogens is 1. The zero-order valence-electron chi connectivity index (χ0n) is 19.8. The lowest BCUT2D eigenvalue weighted by atomic mass is 10.1. The van der Waals surface area contributed by atoms with Crippen LogP contribution in [0.2, 0.25) is 5.02 Å². The van der Waals surface area contributed by atoms with E-state index in [9.17, 15) is 9.59 Å². The highest BCUT2D eigenvalue weighted by Crippen LogP contribution is 2.40. The molecule has 9 heteroatoms. The minimum absolute atomic E-state index is 0.0419. The van der Waals surface area contributed by atoms with Crippen LogP contribution in [0.1, 0.15) is 12.0 Å². The summed E-state index contributed by atoms with van der Waals surface area (Å²) in [6, 6.07) is 11.0. The molecule has 2 amide bonds. The van der Waals surface area contributed by atoms with E-state index in [1.807, 2.05) is 29.2 Å². The van der Waals surface area contributed by atoms with Crippen molar-refractivity contribution in [2.75, 3.05) is 59.0 Å². The maximum Gasteiger partial charge on any atom is 0.228 e.